The van der Waals surface area contributed by atoms with E-state index in [9.17, 15) is 4.79 Å². The molecule has 1 amide bonds. The van der Waals surface area contributed by atoms with Gasteiger partial charge in [0.2, 0.25) is 5.95 Å². The van der Waals surface area contributed by atoms with Crippen LogP contribution in [0.25, 0.3) is 0 Å². The molecule has 2 aliphatic rings. The topological polar surface area (TPSA) is 85.8 Å². The van der Waals surface area contributed by atoms with Crippen molar-refractivity contribution in [1.29, 1.82) is 0 Å². The zero-order chi connectivity index (χ0) is 16.4. The number of aromatic nitrogens is 4. The van der Waals surface area contributed by atoms with Gasteiger partial charge in [0.05, 0.1) is 6.04 Å². The monoisotopic (exact) mass is 329 g/mol. The van der Waals surface area contributed by atoms with Crippen LogP contribution in [-0.2, 0) is 12.8 Å². The fraction of sp³-hybridized carbons (Fsp3) is 0.647. The zero-order valence-corrected chi connectivity index (χ0v) is 13.8. The molecule has 24 heavy (non-hydrogen) atoms. The van der Waals surface area contributed by atoms with E-state index in [1.807, 2.05) is 4.68 Å². The number of nitrogens with one attached hydrogen (secondary N) is 1. The number of hydrogen-bond acceptors (Lipinski definition) is 5. The van der Waals surface area contributed by atoms with Gasteiger partial charge in [0.1, 0.15) is 12.1 Å². The van der Waals surface area contributed by atoms with E-state index in [4.69, 9.17) is 4.52 Å². The fourth-order valence-electron chi connectivity index (χ4n) is 3.75. The van der Waals surface area contributed by atoms with Crippen LogP contribution in [-0.4, -0.2) is 25.8 Å². The molecule has 7 nitrogen and oxygen atoms in total. The third-order valence-corrected chi connectivity index (χ3v) is 5.10. The Balaban J connectivity index is 1.46. The molecule has 1 saturated carbocycles. The quantitative estimate of drug-likeness (QED) is 0.873. The summed E-state index contributed by atoms with van der Waals surface area (Å²) in [4.78, 5) is 16.8. The second kappa shape index (κ2) is 6.75. The molecule has 2 aliphatic carbocycles. The van der Waals surface area contributed by atoms with Gasteiger partial charge in [0.15, 0.2) is 5.69 Å². The highest BCUT2D eigenvalue weighted by atomic mass is 16.5. The van der Waals surface area contributed by atoms with Gasteiger partial charge in [-0.05, 0) is 32.1 Å². The van der Waals surface area contributed by atoms with Crippen LogP contribution in [0.2, 0.25) is 0 Å². The molecule has 2 aromatic rings. The van der Waals surface area contributed by atoms with E-state index in [-0.39, 0.29) is 5.91 Å². The van der Waals surface area contributed by atoms with Crippen molar-refractivity contribution in [3.63, 3.8) is 0 Å². The van der Waals surface area contributed by atoms with Crippen LogP contribution in [0, 0.1) is 0 Å². The molecule has 1 fully saturated rings. The molecule has 0 saturated heterocycles. The molecule has 0 radical (unpaired) electrons. The lowest BCUT2D eigenvalue weighted by atomic mass is 9.96. The molecule has 0 spiro atoms. The average Bonchev–Trinajstić information content (AvgIpc) is 3.17. The Kier molecular flexibility index (Phi) is 4.32. The smallest absolute Gasteiger partial charge is 0.280 e. The number of anilines is 1. The highest BCUT2D eigenvalue weighted by Gasteiger charge is 2.24. The summed E-state index contributed by atoms with van der Waals surface area (Å²) in [5.41, 5.74) is 1.35. The Morgan fingerprint density at radius 1 is 1.12 bits per heavy atom. The minimum atomic E-state index is -0.275. The molecule has 0 aromatic carbocycles. The van der Waals surface area contributed by atoms with Gasteiger partial charge in [-0.15, -0.1) is 5.10 Å². The molecule has 0 unspecified atom stereocenters. The Labute approximate surface area is 140 Å². The summed E-state index contributed by atoms with van der Waals surface area (Å²) in [5.74, 6) is 0.928. The number of carbonyl (C=O) groups is 1. The number of carbonyl (C=O) groups excluding carboxylic acids is 1. The average molecular weight is 329 g/mol. The summed E-state index contributed by atoms with van der Waals surface area (Å²) in [7, 11) is 0. The molecule has 7 heteroatoms. The summed E-state index contributed by atoms with van der Waals surface area (Å²) in [5, 5.41) is 11.2. The standard InChI is InChI=1S/C17H23N5O2/c23-16(15-13-9-5-2-6-10-14(13)24-21-15)19-17-18-11-22(20-17)12-7-3-1-4-8-12/h11-12H,1-10H2,(H,19,20,23). The number of hydrogen-bond donors (Lipinski definition) is 1. The molecule has 1 N–H and O–H groups in total. The van der Waals surface area contributed by atoms with Gasteiger partial charge in [-0.25, -0.2) is 9.67 Å². The van der Waals surface area contributed by atoms with Crippen molar-refractivity contribution in [1.82, 2.24) is 19.9 Å². The largest absolute Gasteiger partial charge is 0.360 e. The molecule has 2 aromatic heterocycles. The van der Waals surface area contributed by atoms with E-state index in [0.29, 0.717) is 17.7 Å². The summed E-state index contributed by atoms with van der Waals surface area (Å²) >= 11 is 0. The number of fused-ring (bicyclic) bond motifs is 1. The van der Waals surface area contributed by atoms with Gasteiger partial charge >= 0.3 is 0 Å². The summed E-state index contributed by atoms with van der Waals surface area (Å²) in [6, 6.07) is 0.403. The summed E-state index contributed by atoms with van der Waals surface area (Å²) < 4.78 is 7.26. The van der Waals surface area contributed by atoms with Gasteiger partial charge in [0, 0.05) is 12.0 Å². The number of rotatable bonds is 3. The first-order valence-corrected chi connectivity index (χ1v) is 9.01. The van der Waals surface area contributed by atoms with E-state index < -0.39 is 0 Å². The maximum atomic E-state index is 12.5. The molecular weight excluding hydrogens is 306 g/mol. The fourth-order valence-corrected chi connectivity index (χ4v) is 3.75. The predicted molar refractivity (Wildman–Crippen MR) is 87.9 cm³/mol. The minimum absolute atomic E-state index is 0.275. The lowest BCUT2D eigenvalue weighted by molar-refractivity contribution is 0.101. The second-order valence-electron chi connectivity index (χ2n) is 6.79. The number of nitrogens with zero attached hydrogens (tertiary/aromatic N) is 4. The van der Waals surface area contributed by atoms with Crippen LogP contribution < -0.4 is 5.32 Å². The lowest BCUT2D eigenvalue weighted by Crippen LogP contribution is -2.17. The van der Waals surface area contributed by atoms with Gasteiger partial charge < -0.3 is 4.52 Å². The maximum absolute atomic E-state index is 12.5. The van der Waals surface area contributed by atoms with E-state index in [2.05, 4.69) is 20.6 Å². The van der Waals surface area contributed by atoms with Gasteiger partial charge in [-0.2, -0.15) is 0 Å². The first kappa shape index (κ1) is 15.4. The Morgan fingerprint density at radius 3 is 2.79 bits per heavy atom. The van der Waals surface area contributed by atoms with Crippen molar-refractivity contribution in [3.8, 4) is 0 Å². The van der Waals surface area contributed by atoms with Crippen LogP contribution in [0.5, 0.6) is 0 Å². The Morgan fingerprint density at radius 2 is 1.92 bits per heavy atom. The van der Waals surface area contributed by atoms with Gasteiger partial charge in [-0.1, -0.05) is 30.8 Å². The van der Waals surface area contributed by atoms with E-state index in [1.165, 1.54) is 25.7 Å². The first-order valence-electron chi connectivity index (χ1n) is 9.01. The van der Waals surface area contributed by atoms with Crippen LogP contribution >= 0.6 is 0 Å². The van der Waals surface area contributed by atoms with Crippen LogP contribution in [0.1, 0.15) is 79.2 Å². The first-order chi connectivity index (χ1) is 11.8. The molecule has 2 heterocycles. The normalized spacial score (nSPS) is 18.8. The van der Waals surface area contributed by atoms with Crippen molar-refractivity contribution >= 4 is 11.9 Å². The SMILES string of the molecule is O=C(Nc1ncn(C2CCCCC2)n1)c1noc2c1CCCCC2. The van der Waals surface area contributed by atoms with E-state index >= 15 is 0 Å². The summed E-state index contributed by atoms with van der Waals surface area (Å²) in [6.45, 7) is 0. The second-order valence-corrected chi connectivity index (χ2v) is 6.79. The molecular formula is C17H23N5O2. The third kappa shape index (κ3) is 3.07. The van der Waals surface area contributed by atoms with Crippen LogP contribution in [0.4, 0.5) is 5.95 Å². The van der Waals surface area contributed by atoms with Crippen molar-refractivity contribution in [2.75, 3.05) is 5.32 Å². The molecule has 0 bridgehead atoms. The number of aryl methyl sites for hydroxylation is 1. The third-order valence-electron chi connectivity index (χ3n) is 5.10. The zero-order valence-electron chi connectivity index (χ0n) is 13.8. The molecule has 0 atom stereocenters. The van der Waals surface area contributed by atoms with Crippen molar-refractivity contribution < 1.29 is 9.32 Å². The van der Waals surface area contributed by atoms with Crippen molar-refractivity contribution in [2.24, 2.45) is 0 Å². The number of amides is 1. The van der Waals surface area contributed by atoms with E-state index in [0.717, 1.165) is 49.8 Å². The van der Waals surface area contributed by atoms with Gasteiger partial charge in [-0.3, -0.25) is 10.1 Å². The molecule has 128 valence electrons. The van der Waals surface area contributed by atoms with Crippen molar-refractivity contribution in [3.05, 3.63) is 23.3 Å². The highest BCUT2D eigenvalue weighted by Crippen LogP contribution is 2.27. The summed E-state index contributed by atoms with van der Waals surface area (Å²) in [6.07, 6.45) is 12.8. The molecule has 4 rings (SSSR count). The Bertz CT molecular complexity index is 714. The van der Waals surface area contributed by atoms with Crippen LogP contribution in [0.15, 0.2) is 10.9 Å². The van der Waals surface area contributed by atoms with Crippen molar-refractivity contribution in [2.45, 2.75) is 70.3 Å². The van der Waals surface area contributed by atoms with Gasteiger partial charge in [0.25, 0.3) is 5.91 Å². The van der Waals surface area contributed by atoms with E-state index in [1.54, 1.807) is 6.33 Å². The molecule has 0 aliphatic heterocycles. The maximum Gasteiger partial charge on any atom is 0.280 e. The predicted octanol–water partition coefficient (Wildman–Crippen LogP) is 3.29. The minimum Gasteiger partial charge on any atom is -0.360 e. The van der Waals surface area contributed by atoms with Crippen LogP contribution in [0.3, 0.4) is 0 Å². The Hall–Kier alpha value is -2.18. The lowest BCUT2D eigenvalue weighted by Gasteiger charge is -2.20. The highest BCUT2D eigenvalue weighted by molar-refractivity contribution is 6.02.